The number of H-pyrrole nitrogens is 1. The van der Waals surface area contributed by atoms with Crippen molar-refractivity contribution >= 4 is 5.91 Å². The molecule has 97 valence electrons. The van der Waals surface area contributed by atoms with E-state index < -0.39 is 0 Å². The number of fused-ring (bicyclic) bond motifs is 1. The van der Waals surface area contributed by atoms with E-state index in [4.69, 9.17) is 5.73 Å². The molecule has 1 unspecified atom stereocenters. The summed E-state index contributed by atoms with van der Waals surface area (Å²) in [5.74, 6) is -0.317. The second-order valence-corrected chi connectivity index (χ2v) is 4.71. The van der Waals surface area contributed by atoms with Crippen LogP contribution in [0.15, 0.2) is 30.7 Å². The van der Waals surface area contributed by atoms with Gasteiger partial charge in [0, 0.05) is 19.3 Å². The van der Waals surface area contributed by atoms with Crippen LogP contribution in [0, 0.1) is 6.07 Å². The molecule has 3 rings (SSSR count). The summed E-state index contributed by atoms with van der Waals surface area (Å²) in [6, 6.07) is 8.37. The van der Waals surface area contributed by atoms with Gasteiger partial charge in [-0.05, 0) is 23.6 Å². The van der Waals surface area contributed by atoms with Gasteiger partial charge in [0.25, 0.3) is 0 Å². The first-order chi connectivity index (χ1) is 9.25. The third-order valence-electron chi connectivity index (χ3n) is 3.51. The maximum absolute atomic E-state index is 11.8. The lowest BCUT2D eigenvalue weighted by Gasteiger charge is -2.34. The summed E-state index contributed by atoms with van der Waals surface area (Å²) in [5, 5.41) is 0. The van der Waals surface area contributed by atoms with Gasteiger partial charge in [0.1, 0.15) is 6.04 Å². The highest BCUT2D eigenvalue weighted by molar-refractivity contribution is 5.82. The number of carbonyl (C=O) groups is 1. The van der Waals surface area contributed by atoms with E-state index >= 15 is 0 Å². The van der Waals surface area contributed by atoms with E-state index in [1.165, 1.54) is 0 Å². The predicted octanol–water partition coefficient (Wildman–Crippen LogP) is 0.795. The molecular formula is C14H15N4O. The molecule has 0 saturated carbocycles. The Bertz CT molecular complexity index is 579. The zero-order valence-electron chi connectivity index (χ0n) is 10.5. The average molecular weight is 255 g/mol. The molecule has 0 spiro atoms. The largest absolute Gasteiger partial charge is 0.368 e. The number of benzene rings is 1. The number of nitrogens with zero attached hydrogens (tertiary/aromatic N) is 2. The molecule has 2 heterocycles. The van der Waals surface area contributed by atoms with Gasteiger partial charge in [0.05, 0.1) is 12.0 Å². The molecule has 0 bridgehead atoms. The van der Waals surface area contributed by atoms with E-state index in [9.17, 15) is 4.79 Å². The number of aromatic amines is 1. The van der Waals surface area contributed by atoms with Crippen molar-refractivity contribution in [2.24, 2.45) is 5.73 Å². The van der Waals surface area contributed by atoms with Crippen LogP contribution in [0.4, 0.5) is 0 Å². The zero-order valence-corrected chi connectivity index (χ0v) is 10.5. The number of nitrogens with two attached hydrogens (primary N) is 1. The lowest BCUT2D eigenvalue weighted by molar-refractivity contribution is -0.124. The second-order valence-electron chi connectivity index (χ2n) is 4.71. The van der Waals surface area contributed by atoms with Crippen LogP contribution in [0.25, 0.3) is 0 Å². The Kier molecular flexibility index (Phi) is 3.05. The van der Waals surface area contributed by atoms with Crippen LogP contribution in [-0.4, -0.2) is 27.3 Å². The number of imidazole rings is 1. The van der Waals surface area contributed by atoms with E-state index in [1.807, 2.05) is 24.4 Å². The number of primary amides is 1. The van der Waals surface area contributed by atoms with Gasteiger partial charge in [-0.2, -0.15) is 0 Å². The lowest BCUT2D eigenvalue weighted by atomic mass is 9.92. The van der Waals surface area contributed by atoms with Crippen molar-refractivity contribution in [1.82, 2.24) is 14.9 Å². The fourth-order valence-corrected chi connectivity index (χ4v) is 2.64. The van der Waals surface area contributed by atoms with E-state index in [0.717, 1.165) is 29.8 Å². The Hall–Kier alpha value is -2.14. The van der Waals surface area contributed by atoms with Gasteiger partial charge in [0.2, 0.25) is 5.91 Å². The fourth-order valence-electron chi connectivity index (χ4n) is 2.64. The van der Waals surface area contributed by atoms with Crippen LogP contribution in [0.3, 0.4) is 0 Å². The molecule has 1 radical (unpaired) electrons. The summed E-state index contributed by atoms with van der Waals surface area (Å²) < 4.78 is 0. The van der Waals surface area contributed by atoms with Gasteiger partial charge in [-0.25, -0.2) is 4.98 Å². The average Bonchev–Trinajstić information content (AvgIpc) is 2.91. The predicted molar refractivity (Wildman–Crippen MR) is 69.9 cm³/mol. The summed E-state index contributed by atoms with van der Waals surface area (Å²) in [4.78, 5) is 21.0. The highest BCUT2D eigenvalue weighted by atomic mass is 16.1. The standard InChI is InChI=1S/C14H15N4O/c15-14(19)13-12-4-2-1-3-10(12)5-6-18(13)8-11-7-16-9-17-11/h2-4,7,9,13H,5-6,8H2,(H2,15,19)(H,16,17). The van der Waals surface area contributed by atoms with Gasteiger partial charge in [-0.1, -0.05) is 18.2 Å². The Labute approximate surface area is 111 Å². The molecule has 0 saturated heterocycles. The Balaban J connectivity index is 1.92. The second kappa shape index (κ2) is 4.85. The molecule has 1 aromatic carbocycles. The number of amides is 1. The van der Waals surface area contributed by atoms with Crippen molar-refractivity contribution in [3.8, 4) is 0 Å². The summed E-state index contributed by atoms with van der Waals surface area (Å²) >= 11 is 0. The molecule has 19 heavy (non-hydrogen) atoms. The zero-order chi connectivity index (χ0) is 13.2. The van der Waals surface area contributed by atoms with Crippen LogP contribution >= 0.6 is 0 Å². The van der Waals surface area contributed by atoms with E-state index in [2.05, 4.69) is 20.9 Å². The first-order valence-electron chi connectivity index (χ1n) is 6.25. The van der Waals surface area contributed by atoms with Gasteiger partial charge in [0.15, 0.2) is 0 Å². The van der Waals surface area contributed by atoms with Crippen LogP contribution in [0.5, 0.6) is 0 Å². The summed E-state index contributed by atoms with van der Waals surface area (Å²) in [5.41, 5.74) is 8.65. The van der Waals surface area contributed by atoms with Crippen molar-refractivity contribution < 1.29 is 4.79 Å². The SMILES string of the molecule is NC(=O)C1c2cc[c]cc2CCN1Cc1c[nH]cn1. The molecule has 1 atom stereocenters. The molecule has 0 aliphatic carbocycles. The molecule has 5 heteroatoms. The van der Waals surface area contributed by atoms with Crippen molar-refractivity contribution in [3.05, 3.63) is 53.6 Å². The van der Waals surface area contributed by atoms with Crippen LogP contribution in [0.1, 0.15) is 22.9 Å². The van der Waals surface area contributed by atoms with Crippen molar-refractivity contribution in [2.75, 3.05) is 6.54 Å². The third kappa shape index (κ3) is 2.24. The van der Waals surface area contributed by atoms with Crippen molar-refractivity contribution in [2.45, 2.75) is 19.0 Å². The fraction of sp³-hybridized carbons (Fsp3) is 0.286. The van der Waals surface area contributed by atoms with E-state index in [-0.39, 0.29) is 11.9 Å². The summed E-state index contributed by atoms with van der Waals surface area (Å²) in [6.07, 6.45) is 4.38. The van der Waals surface area contributed by atoms with Crippen LogP contribution < -0.4 is 5.73 Å². The third-order valence-corrected chi connectivity index (χ3v) is 3.51. The molecule has 2 aromatic rings. The number of carbonyl (C=O) groups excluding carboxylic acids is 1. The number of hydrogen-bond acceptors (Lipinski definition) is 3. The normalized spacial score (nSPS) is 19.1. The van der Waals surface area contributed by atoms with Gasteiger partial charge < -0.3 is 10.7 Å². The quantitative estimate of drug-likeness (QED) is 0.851. The molecule has 1 aromatic heterocycles. The lowest BCUT2D eigenvalue weighted by Crippen LogP contribution is -2.42. The minimum Gasteiger partial charge on any atom is -0.368 e. The number of aromatic nitrogens is 2. The molecule has 0 fully saturated rings. The monoisotopic (exact) mass is 255 g/mol. The van der Waals surface area contributed by atoms with E-state index in [0.29, 0.717) is 6.54 Å². The first-order valence-corrected chi connectivity index (χ1v) is 6.25. The molecular weight excluding hydrogens is 240 g/mol. The molecule has 3 N–H and O–H groups in total. The molecule has 5 nitrogen and oxygen atoms in total. The Morgan fingerprint density at radius 2 is 2.53 bits per heavy atom. The highest BCUT2D eigenvalue weighted by Gasteiger charge is 2.31. The van der Waals surface area contributed by atoms with Crippen LogP contribution in [0.2, 0.25) is 0 Å². The minimum absolute atomic E-state index is 0.317. The number of nitrogens with one attached hydrogen (secondary N) is 1. The van der Waals surface area contributed by atoms with Gasteiger partial charge >= 0.3 is 0 Å². The summed E-state index contributed by atoms with van der Waals surface area (Å²) in [7, 11) is 0. The smallest absolute Gasteiger partial charge is 0.239 e. The van der Waals surface area contributed by atoms with Crippen LogP contribution in [-0.2, 0) is 17.8 Å². The topological polar surface area (TPSA) is 75.0 Å². The highest BCUT2D eigenvalue weighted by Crippen LogP contribution is 2.30. The van der Waals surface area contributed by atoms with Crippen molar-refractivity contribution in [1.29, 1.82) is 0 Å². The van der Waals surface area contributed by atoms with Gasteiger partial charge in [-0.15, -0.1) is 0 Å². The summed E-state index contributed by atoms with van der Waals surface area (Å²) in [6.45, 7) is 1.42. The Morgan fingerprint density at radius 1 is 1.63 bits per heavy atom. The minimum atomic E-state index is -0.380. The maximum Gasteiger partial charge on any atom is 0.239 e. The van der Waals surface area contributed by atoms with E-state index in [1.54, 1.807) is 6.33 Å². The van der Waals surface area contributed by atoms with Crippen molar-refractivity contribution in [3.63, 3.8) is 0 Å². The first kappa shape index (κ1) is 11.9. The van der Waals surface area contributed by atoms with Gasteiger partial charge in [-0.3, -0.25) is 9.69 Å². The number of hydrogen-bond donors (Lipinski definition) is 2. The molecule has 1 amide bonds. The Morgan fingerprint density at radius 3 is 3.26 bits per heavy atom. The molecule has 1 aliphatic rings. The number of rotatable bonds is 3. The maximum atomic E-state index is 11.8. The molecule has 1 aliphatic heterocycles.